The zero-order chi connectivity index (χ0) is 14.1. The summed E-state index contributed by atoms with van der Waals surface area (Å²) in [4.78, 5) is 2.46. The molecule has 3 nitrogen and oxygen atoms in total. The lowest BCUT2D eigenvalue weighted by molar-refractivity contribution is -0.276. The van der Waals surface area contributed by atoms with Gasteiger partial charge in [0.05, 0.1) is 0 Å². The van der Waals surface area contributed by atoms with E-state index in [9.17, 15) is 30.7 Å². The lowest BCUT2D eigenvalue weighted by atomic mass is 10.2. The number of aromatic nitrogens is 1. The number of nitriles is 1. The molecule has 0 aliphatic carbocycles. The van der Waals surface area contributed by atoms with Gasteiger partial charge in [0, 0.05) is 6.07 Å². The van der Waals surface area contributed by atoms with Crippen molar-refractivity contribution in [3.63, 3.8) is 0 Å². The summed E-state index contributed by atoms with van der Waals surface area (Å²) in [6.07, 6.45) is -10.8. The van der Waals surface area contributed by atoms with Crippen molar-refractivity contribution in [3.05, 3.63) is 23.3 Å². The van der Waals surface area contributed by atoms with Crippen LogP contribution >= 0.6 is 0 Å². The van der Waals surface area contributed by atoms with Gasteiger partial charge in [0.2, 0.25) is 0 Å². The third kappa shape index (κ3) is 3.22. The molecule has 0 spiro atoms. The Morgan fingerprint density at radius 2 is 1.72 bits per heavy atom. The molecular formula is C8HF7N2O. The van der Waals surface area contributed by atoms with Crippen LogP contribution in [0.2, 0.25) is 0 Å². The summed E-state index contributed by atoms with van der Waals surface area (Å²) in [7, 11) is 0. The monoisotopic (exact) mass is 274 g/mol. The normalized spacial score (nSPS) is 12.1. The van der Waals surface area contributed by atoms with E-state index in [0.717, 1.165) is 6.07 Å². The number of hydrogen-bond donors (Lipinski definition) is 0. The van der Waals surface area contributed by atoms with Gasteiger partial charge in [0.15, 0.2) is 23.0 Å². The molecule has 0 radical (unpaired) electrons. The zero-order valence-electron chi connectivity index (χ0n) is 8.03. The van der Waals surface area contributed by atoms with Crippen molar-refractivity contribution in [1.82, 2.24) is 4.98 Å². The van der Waals surface area contributed by atoms with Gasteiger partial charge in [-0.05, 0) is 0 Å². The maximum absolute atomic E-state index is 12.9. The van der Waals surface area contributed by atoms with Crippen LogP contribution in [-0.2, 0) is 6.18 Å². The van der Waals surface area contributed by atoms with Crippen molar-refractivity contribution < 1.29 is 35.5 Å². The van der Waals surface area contributed by atoms with Gasteiger partial charge in [-0.15, -0.1) is 13.2 Å². The molecule has 10 heteroatoms. The number of pyridine rings is 1. The van der Waals surface area contributed by atoms with Gasteiger partial charge in [-0.25, -0.2) is 9.37 Å². The first kappa shape index (κ1) is 14.0. The first-order valence-corrected chi connectivity index (χ1v) is 3.98. The number of rotatable bonds is 1. The fraction of sp³-hybridized carbons (Fsp3) is 0.250. The molecule has 0 fully saturated rings. The molecule has 0 aliphatic rings. The average molecular weight is 274 g/mol. The second-order valence-corrected chi connectivity index (χ2v) is 2.82. The van der Waals surface area contributed by atoms with E-state index in [1.165, 1.54) is 0 Å². The molecule has 98 valence electrons. The van der Waals surface area contributed by atoms with Crippen LogP contribution in [0.4, 0.5) is 30.7 Å². The van der Waals surface area contributed by atoms with Crippen LogP contribution in [0.1, 0.15) is 11.4 Å². The van der Waals surface area contributed by atoms with E-state index in [1.54, 1.807) is 0 Å². The van der Waals surface area contributed by atoms with Gasteiger partial charge in [-0.2, -0.15) is 18.4 Å². The molecule has 1 rings (SSSR count). The average Bonchev–Trinajstić information content (AvgIpc) is 2.13. The second kappa shape index (κ2) is 4.32. The minimum atomic E-state index is -5.44. The molecule has 0 aromatic carbocycles. The highest BCUT2D eigenvalue weighted by Gasteiger charge is 2.41. The largest absolute Gasteiger partial charge is 0.573 e. The Kier molecular flexibility index (Phi) is 3.36. The fourth-order valence-electron chi connectivity index (χ4n) is 0.956. The van der Waals surface area contributed by atoms with E-state index in [2.05, 4.69) is 9.72 Å². The number of alkyl halides is 6. The van der Waals surface area contributed by atoms with Crippen LogP contribution in [0.25, 0.3) is 0 Å². The Balaban J connectivity index is 3.41. The molecule has 0 amide bonds. The number of hydrogen-bond acceptors (Lipinski definition) is 3. The predicted molar refractivity (Wildman–Crippen MR) is 40.6 cm³/mol. The quantitative estimate of drug-likeness (QED) is 0.739. The Morgan fingerprint density at radius 1 is 1.17 bits per heavy atom. The van der Waals surface area contributed by atoms with Crippen molar-refractivity contribution in [2.75, 3.05) is 0 Å². The van der Waals surface area contributed by atoms with Crippen molar-refractivity contribution >= 4 is 0 Å². The molecular weight excluding hydrogens is 273 g/mol. The molecule has 0 atom stereocenters. The fourth-order valence-corrected chi connectivity index (χ4v) is 0.956. The molecule has 0 N–H and O–H groups in total. The van der Waals surface area contributed by atoms with Crippen LogP contribution in [0.15, 0.2) is 6.07 Å². The van der Waals surface area contributed by atoms with Gasteiger partial charge in [-0.3, -0.25) is 0 Å². The van der Waals surface area contributed by atoms with Crippen LogP contribution in [0.5, 0.6) is 5.75 Å². The maximum Gasteiger partial charge on any atom is 0.573 e. The first-order chi connectivity index (χ1) is 8.04. The molecule has 18 heavy (non-hydrogen) atoms. The van der Waals surface area contributed by atoms with Crippen LogP contribution in [-0.4, -0.2) is 11.3 Å². The highest BCUT2D eigenvalue weighted by atomic mass is 19.4. The third-order valence-corrected chi connectivity index (χ3v) is 1.54. The SMILES string of the molecule is N#Cc1nc(C(F)(F)F)c(OC(F)(F)F)cc1F. The Labute approximate surface area is 94.4 Å². The summed E-state index contributed by atoms with van der Waals surface area (Å²) in [6, 6.07) is 0.782. The van der Waals surface area contributed by atoms with Gasteiger partial charge >= 0.3 is 12.5 Å². The number of nitrogens with zero attached hydrogens (tertiary/aromatic N) is 2. The van der Waals surface area contributed by atoms with Gasteiger partial charge in [0.1, 0.15) is 6.07 Å². The Morgan fingerprint density at radius 3 is 2.11 bits per heavy atom. The standard InChI is InChI=1S/C8HF7N2O/c9-3-1-5(18-8(13,14)15)6(7(10,11)12)17-4(3)2-16/h1H. The second-order valence-electron chi connectivity index (χ2n) is 2.82. The van der Waals surface area contributed by atoms with E-state index < -0.39 is 35.5 Å². The molecule has 0 aliphatic heterocycles. The van der Waals surface area contributed by atoms with E-state index in [-0.39, 0.29) is 6.07 Å². The number of halogens is 7. The summed E-state index contributed by atoms with van der Waals surface area (Å²) in [5.41, 5.74) is -3.41. The van der Waals surface area contributed by atoms with E-state index in [0.29, 0.717) is 0 Å². The highest BCUT2D eigenvalue weighted by Crippen LogP contribution is 2.37. The molecule has 1 aromatic rings. The Bertz CT molecular complexity index is 500. The smallest absolute Gasteiger partial charge is 0.403 e. The maximum atomic E-state index is 12.9. The topological polar surface area (TPSA) is 45.9 Å². The molecule has 1 aromatic heterocycles. The van der Waals surface area contributed by atoms with Crippen LogP contribution in [0, 0.1) is 17.1 Å². The van der Waals surface area contributed by atoms with Crippen molar-refractivity contribution in [2.45, 2.75) is 12.5 Å². The van der Waals surface area contributed by atoms with E-state index in [4.69, 9.17) is 5.26 Å². The summed E-state index contributed by atoms with van der Waals surface area (Å²) in [5, 5.41) is 8.25. The number of ether oxygens (including phenoxy) is 1. The molecule has 0 saturated carbocycles. The van der Waals surface area contributed by atoms with Crippen LogP contribution in [0.3, 0.4) is 0 Å². The molecule has 1 heterocycles. The van der Waals surface area contributed by atoms with Gasteiger partial charge < -0.3 is 4.74 Å². The minimum Gasteiger partial charge on any atom is -0.403 e. The molecule has 0 saturated heterocycles. The zero-order valence-corrected chi connectivity index (χ0v) is 8.03. The van der Waals surface area contributed by atoms with Crippen molar-refractivity contribution in [2.24, 2.45) is 0 Å². The summed E-state index contributed by atoms with van der Waals surface area (Å²) >= 11 is 0. The third-order valence-electron chi connectivity index (χ3n) is 1.54. The summed E-state index contributed by atoms with van der Waals surface area (Å²) < 4.78 is 88.3. The van der Waals surface area contributed by atoms with Crippen LogP contribution < -0.4 is 4.74 Å². The molecule has 0 bridgehead atoms. The van der Waals surface area contributed by atoms with E-state index >= 15 is 0 Å². The van der Waals surface area contributed by atoms with Gasteiger partial charge in [-0.1, -0.05) is 0 Å². The Hall–Kier alpha value is -2.05. The van der Waals surface area contributed by atoms with Crippen molar-refractivity contribution in [3.8, 4) is 11.8 Å². The van der Waals surface area contributed by atoms with Crippen molar-refractivity contribution in [1.29, 1.82) is 5.26 Å². The van der Waals surface area contributed by atoms with E-state index in [1.807, 2.05) is 0 Å². The minimum absolute atomic E-state index is 0.193. The van der Waals surface area contributed by atoms with Gasteiger partial charge in [0.25, 0.3) is 0 Å². The predicted octanol–water partition coefficient (Wildman–Crippen LogP) is 3.01. The lowest BCUT2D eigenvalue weighted by Crippen LogP contribution is -2.21. The lowest BCUT2D eigenvalue weighted by Gasteiger charge is -2.14. The summed E-state index contributed by atoms with van der Waals surface area (Å²) in [6.45, 7) is 0. The molecule has 0 unspecified atom stereocenters. The first-order valence-electron chi connectivity index (χ1n) is 3.98. The highest BCUT2D eigenvalue weighted by molar-refractivity contribution is 5.36. The summed E-state index contributed by atoms with van der Waals surface area (Å²) in [5.74, 6) is -3.50.